The van der Waals surface area contributed by atoms with Crippen LogP contribution in [0.5, 0.6) is 5.75 Å². The minimum Gasteiger partial charge on any atom is -0.488 e. The summed E-state index contributed by atoms with van der Waals surface area (Å²) >= 11 is 1.77. The van der Waals surface area contributed by atoms with E-state index in [2.05, 4.69) is 24.4 Å². The second kappa shape index (κ2) is 6.80. The van der Waals surface area contributed by atoms with Gasteiger partial charge in [-0.1, -0.05) is 6.92 Å². The van der Waals surface area contributed by atoms with Crippen molar-refractivity contribution in [2.75, 3.05) is 11.1 Å². The Balaban J connectivity index is 2.11. The van der Waals surface area contributed by atoms with E-state index in [-0.39, 0.29) is 11.9 Å². The van der Waals surface area contributed by atoms with Crippen molar-refractivity contribution in [3.05, 3.63) is 39.8 Å². The van der Waals surface area contributed by atoms with Crippen LogP contribution in [0.2, 0.25) is 0 Å². The van der Waals surface area contributed by atoms with Crippen LogP contribution in [0.25, 0.3) is 0 Å². The van der Waals surface area contributed by atoms with Crippen LogP contribution in [0.15, 0.2) is 24.3 Å². The van der Waals surface area contributed by atoms with Crippen molar-refractivity contribution in [2.45, 2.75) is 39.8 Å². The first-order chi connectivity index (χ1) is 9.99. The van der Waals surface area contributed by atoms with Crippen molar-refractivity contribution in [3.63, 3.8) is 0 Å². The predicted molar refractivity (Wildman–Crippen MR) is 87.6 cm³/mol. The maximum absolute atomic E-state index is 13.8. The van der Waals surface area contributed by atoms with Gasteiger partial charge < -0.3 is 15.8 Å². The number of aryl methyl sites for hydroxylation is 1. The average Bonchev–Trinajstić information content (AvgIpc) is 2.88. The van der Waals surface area contributed by atoms with Gasteiger partial charge in [-0.3, -0.25) is 0 Å². The molecule has 1 heterocycles. The largest absolute Gasteiger partial charge is 0.488 e. The van der Waals surface area contributed by atoms with E-state index in [1.807, 2.05) is 13.8 Å². The third-order valence-electron chi connectivity index (χ3n) is 2.99. The molecule has 0 saturated carbocycles. The van der Waals surface area contributed by atoms with Crippen LogP contribution in [0.1, 0.15) is 30.5 Å². The number of nitrogens with one attached hydrogen (secondary N) is 1. The Morgan fingerprint density at radius 3 is 2.62 bits per heavy atom. The Morgan fingerprint density at radius 2 is 2.00 bits per heavy atom. The van der Waals surface area contributed by atoms with Crippen LogP contribution in [0, 0.1) is 5.82 Å². The van der Waals surface area contributed by atoms with Crippen molar-refractivity contribution in [1.29, 1.82) is 0 Å². The molecular formula is C16H21FN2OS. The van der Waals surface area contributed by atoms with Gasteiger partial charge >= 0.3 is 0 Å². The fraction of sp³-hybridized carbons (Fsp3) is 0.375. The lowest BCUT2D eigenvalue weighted by molar-refractivity contribution is 0.231. The molecule has 3 N–H and O–H groups in total. The third kappa shape index (κ3) is 4.11. The molecule has 0 atom stereocenters. The van der Waals surface area contributed by atoms with Crippen molar-refractivity contribution in [1.82, 2.24) is 0 Å². The van der Waals surface area contributed by atoms with E-state index >= 15 is 0 Å². The summed E-state index contributed by atoms with van der Waals surface area (Å²) in [5, 5.41) is 3.25. The van der Waals surface area contributed by atoms with Crippen LogP contribution >= 0.6 is 11.3 Å². The van der Waals surface area contributed by atoms with Gasteiger partial charge in [0.15, 0.2) is 11.6 Å². The topological polar surface area (TPSA) is 47.3 Å². The lowest BCUT2D eigenvalue weighted by atomic mass is 10.2. The van der Waals surface area contributed by atoms with E-state index in [0.717, 1.165) is 6.42 Å². The highest BCUT2D eigenvalue weighted by atomic mass is 32.1. The number of anilines is 2. The minimum atomic E-state index is -0.434. The summed E-state index contributed by atoms with van der Waals surface area (Å²) in [6.07, 6.45) is 0.954. The van der Waals surface area contributed by atoms with Gasteiger partial charge in [-0.05, 0) is 32.4 Å². The quantitative estimate of drug-likeness (QED) is 0.776. The highest BCUT2D eigenvalue weighted by Crippen LogP contribution is 2.29. The van der Waals surface area contributed by atoms with Gasteiger partial charge in [-0.25, -0.2) is 4.39 Å². The molecule has 3 nitrogen and oxygen atoms in total. The normalized spacial score (nSPS) is 10.9. The number of rotatable bonds is 6. The molecule has 0 unspecified atom stereocenters. The van der Waals surface area contributed by atoms with Gasteiger partial charge in [0, 0.05) is 28.4 Å². The molecule has 1 aromatic carbocycles. The summed E-state index contributed by atoms with van der Waals surface area (Å²) in [6.45, 7) is 6.53. The predicted octanol–water partition coefficient (Wildman–Crippen LogP) is 4.43. The molecule has 2 rings (SSSR count). The first-order valence-corrected chi connectivity index (χ1v) is 7.88. The van der Waals surface area contributed by atoms with E-state index in [9.17, 15) is 4.39 Å². The number of ether oxygens (including phenoxy) is 1. The molecule has 21 heavy (non-hydrogen) atoms. The van der Waals surface area contributed by atoms with Crippen molar-refractivity contribution in [2.24, 2.45) is 0 Å². The van der Waals surface area contributed by atoms with Gasteiger partial charge in [0.05, 0.1) is 17.5 Å². The first-order valence-electron chi connectivity index (χ1n) is 7.06. The Hall–Kier alpha value is -1.75. The zero-order valence-electron chi connectivity index (χ0n) is 12.6. The summed E-state index contributed by atoms with van der Waals surface area (Å²) in [5.74, 6) is -0.210. The molecule has 0 spiro atoms. The van der Waals surface area contributed by atoms with Crippen LogP contribution < -0.4 is 15.8 Å². The number of hydrogen-bond donors (Lipinski definition) is 2. The van der Waals surface area contributed by atoms with Crippen LogP contribution in [-0.2, 0) is 13.0 Å². The summed E-state index contributed by atoms with van der Waals surface area (Å²) in [6, 6.07) is 7.15. The maximum Gasteiger partial charge on any atom is 0.167 e. The molecule has 2 aromatic rings. The summed E-state index contributed by atoms with van der Waals surface area (Å²) in [4.78, 5) is 2.57. The Bertz CT molecular complexity index is 610. The van der Waals surface area contributed by atoms with Gasteiger partial charge in [-0.2, -0.15) is 0 Å². The molecule has 5 heteroatoms. The fourth-order valence-corrected chi connectivity index (χ4v) is 2.85. The van der Waals surface area contributed by atoms with Crippen LogP contribution in [0.4, 0.5) is 15.8 Å². The van der Waals surface area contributed by atoms with Gasteiger partial charge in [-0.15, -0.1) is 11.3 Å². The van der Waals surface area contributed by atoms with Crippen molar-refractivity contribution >= 4 is 22.7 Å². The van der Waals surface area contributed by atoms with Crippen LogP contribution in [0.3, 0.4) is 0 Å². The molecule has 1 aromatic heterocycles. The van der Waals surface area contributed by atoms with E-state index in [4.69, 9.17) is 10.5 Å². The molecule has 0 bridgehead atoms. The number of halogens is 1. The van der Waals surface area contributed by atoms with Crippen LogP contribution in [-0.4, -0.2) is 6.10 Å². The summed E-state index contributed by atoms with van der Waals surface area (Å²) in [7, 11) is 0. The van der Waals surface area contributed by atoms with Crippen molar-refractivity contribution < 1.29 is 9.13 Å². The summed E-state index contributed by atoms with van der Waals surface area (Å²) in [5.41, 5.74) is 6.94. The lowest BCUT2D eigenvalue weighted by Gasteiger charge is -2.14. The number of nitrogens with two attached hydrogens (primary N) is 1. The first kappa shape index (κ1) is 15.6. The summed E-state index contributed by atoms with van der Waals surface area (Å²) < 4.78 is 19.2. The molecule has 0 amide bonds. The number of benzene rings is 1. The highest BCUT2D eigenvalue weighted by molar-refractivity contribution is 7.12. The molecule has 0 aliphatic heterocycles. The van der Waals surface area contributed by atoms with E-state index in [1.165, 1.54) is 15.8 Å². The molecule has 114 valence electrons. The lowest BCUT2D eigenvalue weighted by Crippen LogP contribution is -2.09. The zero-order chi connectivity index (χ0) is 15.4. The smallest absolute Gasteiger partial charge is 0.167 e. The van der Waals surface area contributed by atoms with Gasteiger partial charge in [0.1, 0.15) is 0 Å². The van der Waals surface area contributed by atoms with Crippen molar-refractivity contribution in [3.8, 4) is 5.75 Å². The van der Waals surface area contributed by atoms with E-state index < -0.39 is 5.82 Å². The minimum absolute atomic E-state index is 0.0830. The Labute approximate surface area is 128 Å². The Morgan fingerprint density at radius 1 is 1.29 bits per heavy atom. The Kier molecular flexibility index (Phi) is 5.07. The molecule has 0 radical (unpaired) electrons. The monoisotopic (exact) mass is 308 g/mol. The highest BCUT2D eigenvalue weighted by Gasteiger charge is 2.11. The second-order valence-corrected chi connectivity index (χ2v) is 6.36. The van der Waals surface area contributed by atoms with Gasteiger partial charge in [0.25, 0.3) is 0 Å². The van der Waals surface area contributed by atoms with E-state index in [0.29, 0.717) is 17.9 Å². The molecule has 0 aliphatic carbocycles. The molecular weight excluding hydrogens is 287 g/mol. The fourth-order valence-electron chi connectivity index (χ4n) is 1.96. The third-order valence-corrected chi connectivity index (χ3v) is 4.22. The van der Waals surface area contributed by atoms with Gasteiger partial charge in [0.2, 0.25) is 0 Å². The second-order valence-electron chi connectivity index (χ2n) is 5.11. The van der Waals surface area contributed by atoms with E-state index in [1.54, 1.807) is 17.4 Å². The number of hydrogen-bond acceptors (Lipinski definition) is 4. The number of nitrogen functional groups attached to an aromatic ring is 1. The number of thiophene rings is 1. The zero-order valence-corrected chi connectivity index (χ0v) is 13.4. The molecule has 0 saturated heterocycles. The maximum atomic E-state index is 13.8. The molecule has 0 aliphatic rings. The molecule has 0 fully saturated rings. The standard InChI is InChI=1S/C16H21FN2OS/c1-4-11-5-6-12(21-11)9-19-15-8-16(20-10(2)3)13(17)7-14(15)18/h5-8,10,19H,4,9,18H2,1-3H3. The average molecular weight is 308 g/mol. The SMILES string of the molecule is CCc1ccc(CNc2cc(OC(C)C)c(F)cc2N)s1.